The molecule has 2 saturated heterocycles. The van der Waals surface area contributed by atoms with E-state index in [0.717, 1.165) is 6.42 Å². The first kappa shape index (κ1) is 12.6. The quantitative estimate of drug-likeness (QED) is 0.495. The van der Waals surface area contributed by atoms with Crippen molar-refractivity contribution in [3.63, 3.8) is 0 Å². The Bertz CT molecular complexity index is 548. The second-order valence-electron chi connectivity index (χ2n) is 4.84. The Labute approximate surface area is 113 Å². The minimum atomic E-state index is -0.895. The van der Waals surface area contributed by atoms with Gasteiger partial charge in [0, 0.05) is 25.5 Å². The Balaban J connectivity index is 1.73. The van der Waals surface area contributed by atoms with Crippen LogP contribution in [0, 0.1) is 0 Å². The lowest BCUT2D eigenvalue weighted by Crippen LogP contribution is -2.48. The van der Waals surface area contributed by atoms with Crippen LogP contribution in [-0.2, 0) is 0 Å². The monoisotopic (exact) mass is 279 g/mol. The summed E-state index contributed by atoms with van der Waals surface area (Å²) in [7, 11) is 0. The van der Waals surface area contributed by atoms with Gasteiger partial charge in [0.05, 0.1) is 17.6 Å². The molecule has 20 heavy (non-hydrogen) atoms. The van der Waals surface area contributed by atoms with Crippen molar-refractivity contribution >= 4 is 17.9 Å². The van der Waals surface area contributed by atoms with Gasteiger partial charge in [-0.15, -0.1) is 0 Å². The number of amides is 2. The van der Waals surface area contributed by atoms with E-state index in [1.54, 1.807) is 0 Å². The van der Waals surface area contributed by atoms with Crippen LogP contribution in [-0.4, -0.2) is 62.4 Å². The number of anilines is 1. The number of hydrogen-bond donors (Lipinski definition) is 3. The van der Waals surface area contributed by atoms with E-state index in [4.69, 9.17) is 10.3 Å². The van der Waals surface area contributed by atoms with E-state index in [0.29, 0.717) is 19.0 Å². The van der Waals surface area contributed by atoms with Crippen molar-refractivity contribution in [2.75, 3.05) is 18.0 Å². The maximum Gasteiger partial charge on any atom is 0.407 e. The molecule has 0 spiro atoms. The zero-order valence-electron chi connectivity index (χ0n) is 10.4. The number of carbonyl (C=O) groups excluding carboxylic acids is 1. The van der Waals surface area contributed by atoms with E-state index in [2.05, 4.69) is 9.97 Å². The third-order valence-corrected chi connectivity index (χ3v) is 3.75. The first-order valence-corrected chi connectivity index (χ1v) is 6.13. The number of piperazine rings is 1. The lowest BCUT2D eigenvalue weighted by molar-refractivity contribution is 0.0705. The molecule has 2 unspecified atom stereocenters. The molecule has 2 aliphatic rings. The van der Waals surface area contributed by atoms with E-state index in [-0.39, 0.29) is 17.6 Å². The molecule has 0 aliphatic carbocycles. The topological polar surface area (TPSA) is 119 Å². The molecule has 2 atom stereocenters. The van der Waals surface area contributed by atoms with E-state index >= 15 is 0 Å². The number of rotatable bonds is 2. The highest BCUT2D eigenvalue weighted by Crippen LogP contribution is 2.32. The van der Waals surface area contributed by atoms with E-state index in [1.807, 2.05) is 4.90 Å². The molecule has 106 valence electrons. The number of nitrogens with one attached hydrogen (secondary N) is 1. The summed E-state index contributed by atoms with van der Waals surface area (Å²) >= 11 is 0. The molecule has 3 heterocycles. The number of aromatic nitrogens is 2. The molecule has 3 N–H and O–H groups in total. The van der Waals surface area contributed by atoms with Crippen LogP contribution in [0.3, 0.4) is 0 Å². The Hall–Kier alpha value is -2.42. The fourth-order valence-electron chi connectivity index (χ4n) is 2.80. The normalized spacial score (nSPS) is 24.1. The predicted octanol–water partition coefficient (Wildman–Crippen LogP) is -0.464. The Morgan fingerprint density at radius 1 is 1.25 bits per heavy atom. The molecule has 1 aromatic rings. The Morgan fingerprint density at radius 2 is 1.95 bits per heavy atom. The van der Waals surface area contributed by atoms with Gasteiger partial charge in [0.25, 0.3) is 5.91 Å². The van der Waals surface area contributed by atoms with Crippen molar-refractivity contribution in [2.24, 2.45) is 0 Å². The number of fused-ring (bicyclic) bond motifs is 2. The molecule has 0 saturated carbocycles. The zero-order chi connectivity index (χ0) is 14.3. The molecule has 0 aromatic carbocycles. The van der Waals surface area contributed by atoms with Crippen LogP contribution >= 0.6 is 0 Å². The van der Waals surface area contributed by atoms with Gasteiger partial charge >= 0.3 is 6.09 Å². The van der Waals surface area contributed by atoms with Gasteiger partial charge in [0.1, 0.15) is 0 Å². The maximum absolute atomic E-state index is 11.2. The van der Waals surface area contributed by atoms with Crippen LogP contribution in [0.5, 0.6) is 0 Å². The van der Waals surface area contributed by atoms with Crippen LogP contribution in [0.4, 0.5) is 10.7 Å². The van der Waals surface area contributed by atoms with Gasteiger partial charge in [-0.25, -0.2) is 20.2 Å². The highest BCUT2D eigenvalue weighted by atomic mass is 16.5. The summed E-state index contributed by atoms with van der Waals surface area (Å²) in [6, 6.07) is 0.0511. The summed E-state index contributed by atoms with van der Waals surface area (Å²) in [4.78, 5) is 33.7. The van der Waals surface area contributed by atoms with Gasteiger partial charge in [-0.1, -0.05) is 0 Å². The molecule has 2 fully saturated rings. The maximum atomic E-state index is 11.2. The summed E-state index contributed by atoms with van der Waals surface area (Å²) in [5.74, 6) is -0.200. The second-order valence-corrected chi connectivity index (χ2v) is 4.84. The van der Waals surface area contributed by atoms with Crippen molar-refractivity contribution < 1.29 is 19.9 Å². The predicted molar refractivity (Wildman–Crippen MR) is 65.6 cm³/mol. The van der Waals surface area contributed by atoms with Crippen LogP contribution < -0.4 is 10.4 Å². The molecule has 9 heteroatoms. The third-order valence-electron chi connectivity index (χ3n) is 3.75. The number of hydroxylamine groups is 1. The first-order valence-electron chi connectivity index (χ1n) is 6.13. The summed E-state index contributed by atoms with van der Waals surface area (Å²) in [5.41, 5.74) is 1.67. The number of nitrogens with zero attached hydrogens (tertiary/aromatic N) is 4. The van der Waals surface area contributed by atoms with Gasteiger partial charge in [-0.3, -0.25) is 10.0 Å². The summed E-state index contributed by atoms with van der Waals surface area (Å²) < 4.78 is 0. The minimum absolute atomic E-state index is 0.0264. The fraction of sp³-hybridized carbons (Fsp3) is 0.455. The van der Waals surface area contributed by atoms with Crippen molar-refractivity contribution in [3.05, 3.63) is 18.0 Å². The van der Waals surface area contributed by atoms with Gasteiger partial charge < -0.3 is 14.9 Å². The van der Waals surface area contributed by atoms with Gasteiger partial charge in [-0.2, -0.15) is 0 Å². The van der Waals surface area contributed by atoms with Crippen LogP contribution in [0.15, 0.2) is 12.4 Å². The summed E-state index contributed by atoms with van der Waals surface area (Å²) in [6.07, 6.45) is 2.53. The summed E-state index contributed by atoms with van der Waals surface area (Å²) in [5, 5.41) is 17.5. The number of likely N-dealkylation sites (tertiary alicyclic amines) is 1. The third kappa shape index (κ3) is 1.92. The standard InChI is InChI=1S/C11H13N5O4/c17-9(14-20)6-2-12-10(13-3-6)15-4-8-1-7(15)5-16(8)11(18)19/h2-3,7-8,20H,1,4-5H2,(H,14,17)(H,18,19). The van der Waals surface area contributed by atoms with Crippen LogP contribution in [0.2, 0.25) is 0 Å². The van der Waals surface area contributed by atoms with Crippen LogP contribution in [0.25, 0.3) is 0 Å². The first-order chi connectivity index (χ1) is 9.60. The summed E-state index contributed by atoms with van der Waals surface area (Å²) in [6.45, 7) is 1.00. The van der Waals surface area contributed by atoms with E-state index < -0.39 is 12.0 Å². The second kappa shape index (κ2) is 4.60. The smallest absolute Gasteiger partial charge is 0.407 e. The van der Waals surface area contributed by atoms with E-state index in [9.17, 15) is 9.59 Å². The van der Waals surface area contributed by atoms with Gasteiger partial charge in [-0.05, 0) is 6.42 Å². The number of hydrogen-bond acceptors (Lipinski definition) is 6. The minimum Gasteiger partial charge on any atom is -0.465 e. The van der Waals surface area contributed by atoms with Gasteiger partial charge in [0.2, 0.25) is 5.95 Å². The van der Waals surface area contributed by atoms with Gasteiger partial charge in [0.15, 0.2) is 0 Å². The molecule has 9 nitrogen and oxygen atoms in total. The molecular formula is C11H13N5O4. The lowest BCUT2D eigenvalue weighted by Gasteiger charge is -2.32. The van der Waals surface area contributed by atoms with Crippen molar-refractivity contribution in [1.29, 1.82) is 0 Å². The average Bonchev–Trinajstić information content (AvgIpc) is 3.06. The fourth-order valence-corrected chi connectivity index (χ4v) is 2.80. The zero-order valence-corrected chi connectivity index (χ0v) is 10.4. The molecule has 1 aromatic heterocycles. The Morgan fingerprint density at radius 3 is 2.45 bits per heavy atom. The number of carboxylic acid groups (broad SMARTS) is 1. The molecule has 0 radical (unpaired) electrons. The van der Waals surface area contributed by atoms with E-state index in [1.165, 1.54) is 22.8 Å². The number of carbonyl (C=O) groups is 2. The van der Waals surface area contributed by atoms with Crippen LogP contribution in [0.1, 0.15) is 16.8 Å². The highest BCUT2D eigenvalue weighted by molar-refractivity contribution is 5.92. The molecule has 3 rings (SSSR count). The molecule has 2 bridgehead atoms. The molecule has 2 aliphatic heterocycles. The van der Waals surface area contributed by atoms with Crippen molar-refractivity contribution in [3.8, 4) is 0 Å². The van der Waals surface area contributed by atoms with Crippen molar-refractivity contribution in [2.45, 2.75) is 18.5 Å². The Kier molecular flexibility index (Phi) is 2.90. The average molecular weight is 279 g/mol. The SMILES string of the molecule is O=C(NO)c1cnc(N2CC3CC2CN3C(=O)O)nc1. The van der Waals surface area contributed by atoms with Crippen molar-refractivity contribution in [1.82, 2.24) is 20.3 Å². The highest BCUT2D eigenvalue weighted by Gasteiger charge is 2.46. The largest absolute Gasteiger partial charge is 0.465 e. The molecular weight excluding hydrogens is 266 g/mol. The molecule has 2 amide bonds. The lowest BCUT2D eigenvalue weighted by atomic mass is 10.2.